The summed E-state index contributed by atoms with van der Waals surface area (Å²) in [4.78, 5) is 14.7. The van der Waals surface area contributed by atoms with Crippen LogP contribution in [0.2, 0.25) is 0 Å². The molecular weight excluding hydrogens is 250 g/mol. The SMILES string of the molecule is CC(C)Cn1nnnc1SCC(=O)c1ccc[nH]1. The van der Waals surface area contributed by atoms with Crippen molar-refractivity contribution in [3.63, 3.8) is 0 Å². The second-order valence-corrected chi connectivity index (χ2v) is 5.28. The molecule has 1 N–H and O–H groups in total. The number of hydrogen-bond donors (Lipinski definition) is 1. The molecule has 0 aliphatic rings. The number of Topliss-reactive ketones (excluding diaryl/α,β-unsaturated/α-hetero) is 1. The van der Waals surface area contributed by atoms with Gasteiger partial charge in [0.25, 0.3) is 0 Å². The number of aromatic amines is 1. The van der Waals surface area contributed by atoms with E-state index in [1.165, 1.54) is 11.8 Å². The molecule has 2 aromatic heterocycles. The third kappa shape index (κ3) is 3.19. The molecule has 2 rings (SSSR count). The number of aromatic nitrogens is 5. The van der Waals surface area contributed by atoms with E-state index < -0.39 is 0 Å². The molecule has 0 fully saturated rings. The number of tetrazole rings is 1. The van der Waals surface area contributed by atoms with Crippen LogP contribution < -0.4 is 0 Å². The molecule has 2 aromatic rings. The minimum absolute atomic E-state index is 0.0455. The van der Waals surface area contributed by atoms with Crippen LogP contribution in [-0.2, 0) is 6.54 Å². The standard InChI is InChI=1S/C11H15N5OS/c1-8(2)6-16-11(13-14-15-16)18-7-10(17)9-4-3-5-12-9/h3-5,8,12H,6-7H2,1-2H3. The van der Waals surface area contributed by atoms with E-state index in [4.69, 9.17) is 0 Å². The summed E-state index contributed by atoms with van der Waals surface area (Å²) in [6.07, 6.45) is 1.74. The van der Waals surface area contributed by atoms with Crippen molar-refractivity contribution in [2.45, 2.75) is 25.5 Å². The van der Waals surface area contributed by atoms with E-state index in [1.807, 2.05) is 0 Å². The van der Waals surface area contributed by atoms with E-state index in [0.29, 0.717) is 22.5 Å². The highest BCUT2D eigenvalue weighted by atomic mass is 32.2. The van der Waals surface area contributed by atoms with Gasteiger partial charge in [-0.3, -0.25) is 4.79 Å². The molecular formula is C11H15N5OS. The number of carbonyl (C=O) groups is 1. The number of nitrogens with one attached hydrogen (secondary N) is 1. The fraction of sp³-hybridized carbons (Fsp3) is 0.455. The van der Waals surface area contributed by atoms with Gasteiger partial charge < -0.3 is 4.98 Å². The molecule has 0 aliphatic carbocycles. The molecule has 0 aliphatic heterocycles. The Balaban J connectivity index is 1.94. The van der Waals surface area contributed by atoms with Crippen molar-refractivity contribution in [1.29, 1.82) is 0 Å². The molecule has 0 spiro atoms. The zero-order chi connectivity index (χ0) is 13.0. The lowest BCUT2D eigenvalue weighted by Gasteiger charge is -2.05. The van der Waals surface area contributed by atoms with Crippen LogP contribution in [0.4, 0.5) is 0 Å². The van der Waals surface area contributed by atoms with E-state index in [0.717, 1.165) is 6.54 Å². The van der Waals surface area contributed by atoms with Crippen LogP contribution >= 0.6 is 11.8 Å². The number of carbonyl (C=O) groups excluding carboxylic acids is 1. The first kappa shape index (κ1) is 12.8. The molecule has 0 aromatic carbocycles. The first-order valence-electron chi connectivity index (χ1n) is 5.72. The highest BCUT2D eigenvalue weighted by Crippen LogP contribution is 2.16. The lowest BCUT2D eigenvalue weighted by Crippen LogP contribution is -2.09. The number of rotatable bonds is 6. The molecule has 2 heterocycles. The van der Waals surface area contributed by atoms with Crippen LogP contribution in [-0.4, -0.2) is 36.7 Å². The third-order valence-corrected chi connectivity index (χ3v) is 3.22. The number of ketones is 1. The maximum Gasteiger partial charge on any atom is 0.209 e. The lowest BCUT2D eigenvalue weighted by atomic mass is 10.2. The molecule has 18 heavy (non-hydrogen) atoms. The predicted molar refractivity (Wildman–Crippen MR) is 68.5 cm³/mol. The number of hydrogen-bond acceptors (Lipinski definition) is 5. The minimum Gasteiger partial charge on any atom is -0.359 e. The molecule has 96 valence electrons. The first-order chi connectivity index (χ1) is 8.66. The van der Waals surface area contributed by atoms with Crippen LogP contribution in [0.5, 0.6) is 0 Å². The summed E-state index contributed by atoms with van der Waals surface area (Å²) in [6, 6.07) is 3.57. The predicted octanol–water partition coefficient (Wildman–Crippen LogP) is 1.63. The Hall–Kier alpha value is -1.63. The van der Waals surface area contributed by atoms with Gasteiger partial charge in [-0.05, 0) is 28.5 Å². The number of thioether (sulfide) groups is 1. The summed E-state index contributed by atoms with van der Waals surface area (Å²) in [7, 11) is 0. The van der Waals surface area contributed by atoms with Crippen LogP contribution in [0.3, 0.4) is 0 Å². The van der Waals surface area contributed by atoms with Gasteiger partial charge in [-0.15, -0.1) is 5.10 Å². The van der Waals surface area contributed by atoms with Crippen LogP contribution in [0.25, 0.3) is 0 Å². The largest absolute Gasteiger partial charge is 0.359 e. The molecule has 0 radical (unpaired) electrons. The average Bonchev–Trinajstić information content (AvgIpc) is 2.95. The summed E-state index contributed by atoms with van der Waals surface area (Å²) >= 11 is 1.36. The minimum atomic E-state index is 0.0455. The Morgan fingerprint density at radius 3 is 3.06 bits per heavy atom. The van der Waals surface area contributed by atoms with Crippen LogP contribution in [0.1, 0.15) is 24.3 Å². The van der Waals surface area contributed by atoms with Gasteiger partial charge in [-0.25, -0.2) is 4.68 Å². The quantitative estimate of drug-likeness (QED) is 0.634. The van der Waals surface area contributed by atoms with Crippen molar-refractivity contribution in [2.24, 2.45) is 5.92 Å². The fourth-order valence-electron chi connectivity index (χ4n) is 1.47. The van der Waals surface area contributed by atoms with Crippen molar-refractivity contribution >= 4 is 17.5 Å². The van der Waals surface area contributed by atoms with E-state index in [1.54, 1.807) is 23.0 Å². The van der Waals surface area contributed by atoms with Gasteiger partial charge in [-0.2, -0.15) is 0 Å². The van der Waals surface area contributed by atoms with Gasteiger partial charge in [0.15, 0.2) is 5.78 Å². The Morgan fingerprint density at radius 1 is 1.56 bits per heavy atom. The van der Waals surface area contributed by atoms with E-state index in [9.17, 15) is 4.79 Å². The third-order valence-electron chi connectivity index (χ3n) is 2.27. The smallest absolute Gasteiger partial charge is 0.209 e. The summed E-state index contributed by atoms with van der Waals surface area (Å²) in [6.45, 7) is 4.95. The van der Waals surface area contributed by atoms with E-state index in [2.05, 4.69) is 34.4 Å². The highest BCUT2D eigenvalue weighted by Gasteiger charge is 2.12. The summed E-state index contributed by atoms with van der Waals surface area (Å²) in [5, 5.41) is 12.2. The maximum absolute atomic E-state index is 11.8. The molecule has 7 heteroatoms. The van der Waals surface area contributed by atoms with Gasteiger partial charge >= 0.3 is 0 Å². The highest BCUT2D eigenvalue weighted by molar-refractivity contribution is 7.99. The van der Waals surface area contributed by atoms with Gasteiger partial charge in [0.05, 0.1) is 11.4 Å². The van der Waals surface area contributed by atoms with Gasteiger partial charge in [0.1, 0.15) is 0 Å². The molecule has 6 nitrogen and oxygen atoms in total. The Labute approximate surface area is 109 Å². The first-order valence-corrected chi connectivity index (χ1v) is 6.71. The molecule has 0 bridgehead atoms. The van der Waals surface area contributed by atoms with E-state index in [-0.39, 0.29) is 5.78 Å². The normalized spacial score (nSPS) is 11.1. The fourth-order valence-corrected chi connectivity index (χ4v) is 2.24. The van der Waals surface area contributed by atoms with E-state index >= 15 is 0 Å². The Morgan fingerprint density at radius 2 is 2.39 bits per heavy atom. The van der Waals surface area contributed by atoms with Gasteiger partial charge in [0.2, 0.25) is 5.16 Å². The molecule has 0 saturated carbocycles. The molecule has 0 saturated heterocycles. The zero-order valence-electron chi connectivity index (χ0n) is 10.3. The number of nitrogens with zero attached hydrogens (tertiary/aromatic N) is 4. The van der Waals surface area contributed by atoms with Crippen molar-refractivity contribution in [1.82, 2.24) is 25.2 Å². The van der Waals surface area contributed by atoms with Crippen LogP contribution in [0, 0.1) is 5.92 Å². The Kier molecular flexibility index (Phi) is 4.14. The molecule has 0 unspecified atom stereocenters. The van der Waals surface area contributed by atoms with Crippen molar-refractivity contribution in [3.05, 3.63) is 24.0 Å². The van der Waals surface area contributed by atoms with Crippen molar-refractivity contribution < 1.29 is 4.79 Å². The van der Waals surface area contributed by atoms with Crippen molar-refractivity contribution in [3.8, 4) is 0 Å². The number of H-pyrrole nitrogens is 1. The monoisotopic (exact) mass is 265 g/mol. The lowest BCUT2D eigenvalue weighted by molar-refractivity contribution is 0.101. The summed E-state index contributed by atoms with van der Waals surface area (Å²) in [5.74, 6) is 0.843. The maximum atomic E-state index is 11.8. The Bertz CT molecular complexity index is 505. The second-order valence-electron chi connectivity index (χ2n) is 4.33. The second kappa shape index (κ2) is 5.81. The summed E-state index contributed by atoms with van der Waals surface area (Å²) < 4.78 is 1.73. The summed E-state index contributed by atoms with van der Waals surface area (Å²) in [5.41, 5.74) is 0.616. The topological polar surface area (TPSA) is 76.5 Å². The van der Waals surface area contributed by atoms with Crippen molar-refractivity contribution in [2.75, 3.05) is 5.75 Å². The molecule has 0 atom stereocenters. The van der Waals surface area contributed by atoms with Gasteiger partial charge in [0, 0.05) is 12.7 Å². The average molecular weight is 265 g/mol. The zero-order valence-corrected chi connectivity index (χ0v) is 11.1. The van der Waals surface area contributed by atoms with Gasteiger partial charge in [-0.1, -0.05) is 25.6 Å². The molecule has 0 amide bonds. The van der Waals surface area contributed by atoms with Crippen LogP contribution in [0.15, 0.2) is 23.5 Å².